The Morgan fingerprint density at radius 1 is 1.05 bits per heavy atom. The third kappa shape index (κ3) is 4.93. The highest BCUT2D eigenvalue weighted by molar-refractivity contribution is 5.94. The van der Waals surface area contributed by atoms with Crippen molar-refractivity contribution >= 4 is 5.91 Å². The number of rotatable bonds is 6. The largest absolute Gasteiger partial charge is 0.497 e. The normalized spacial score (nSPS) is 10.9. The van der Waals surface area contributed by atoms with Crippen molar-refractivity contribution in [2.45, 2.75) is 27.7 Å². The van der Waals surface area contributed by atoms with E-state index in [1.165, 1.54) is 0 Å². The van der Waals surface area contributed by atoms with E-state index >= 15 is 0 Å². The third-order valence-electron chi connectivity index (χ3n) is 2.80. The molecule has 0 aliphatic rings. The Labute approximate surface area is 116 Å². The van der Waals surface area contributed by atoms with Crippen molar-refractivity contribution in [3.8, 4) is 5.75 Å². The van der Waals surface area contributed by atoms with Crippen LogP contribution in [0.1, 0.15) is 38.1 Å². The minimum absolute atomic E-state index is 0.102. The first-order valence-electron chi connectivity index (χ1n) is 6.87. The van der Waals surface area contributed by atoms with Crippen molar-refractivity contribution in [1.29, 1.82) is 0 Å². The Morgan fingerprint density at radius 2 is 1.53 bits per heavy atom. The highest BCUT2D eigenvalue weighted by atomic mass is 16.5. The molecule has 0 aliphatic heterocycles. The first-order valence-corrected chi connectivity index (χ1v) is 6.87. The van der Waals surface area contributed by atoms with Gasteiger partial charge >= 0.3 is 0 Å². The van der Waals surface area contributed by atoms with Gasteiger partial charge in [-0.15, -0.1) is 0 Å². The summed E-state index contributed by atoms with van der Waals surface area (Å²) in [6.45, 7) is 10.1. The first kappa shape index (κ1) is 15.5. The number of hydrogen-bond donors (Lipinski definition) is 0. The zero-order valence-corrected chi connectivity index (χ0v) is 12.6. The number of methoxy groups -OCH3 is 1. The lowest BCUT2D eigenvalue weighted by molar-refractivity contribution is 0.0715. The predicted octanol–water partition coefficient (Wildman–Crippen LogP) is 3.45. The average molecular weight is 263 g/mol. The van der Waals surface area contributed by atoms with E-state index in [0.29, 0.717) is 11.8 Å². The Morgan fingerprint density at radius 3 is 1.89 bits per heavy atom. The molecule has 1 aromatic carbocycles. The molecule has 19 heavy (non-hydrogen) atoms. The number of carbonyl (C=O) groups is 1. The van der Waals surface area contributed by atoms with Crippen LogP contribution in [-0.4, -0.2) is 31.0 Å². The Balaban J connectivity index is 2.84. The van der Waals surface area contributed by atoms with Crippen molar-refractivity contribution in [2.75, 3.05) is 20.2 Å². The van der Waals surface area contributed by atoms with Gasteiger partial charge < -0.3 is 9.64 Å². The van der Waals surface area contributed by atoms with Gasteiger partial charge in [-0.2, -0.15) is 0 Å². The van der Waals surface area contributed by atoms with E-state index in [0.717, 1.165) is 24.4 Å². The predicted molar refractivity (Wildman–Crippen MR) is 78.6 cm³/mol. The monoisotopic (exact) mass is 263 g/mol. The molecular weight excluding hydrogens is 238 g/mol. The molecule has 0 heterocycles. The second-order valence-electron chi connectivity index (χ2n) is 5.73. The fourth-order valence-corrected chi connectivity index (χ4v) is 2.04. The third-order valence-corrected chi connectivity index (χ3v) is 2.80. The standard InChI is InChI=1S/C16H25NO2/c1-12(2)10-17(11-13(3)4)16(18)14-6-8-15(19-5)9-7-14/h6-9,12-13H,10-11H2,1-5H3. The van der Waals surface area contributed by atoms with Gasteiger partial charge in [0.1, 0.15) is 5.75 Å². The summed E-state index contributed by atoms with van der Waals surface area (Å²) < 4.78 is 5.11. The molecule has 0 saturated carbocycles. The lowest BCUT2D eigenvalue weighted by Crippen LogP contribution is -2.37. The molecule has 1 rings (SSSR count). The van der Waals surface area contributed by atoms with E-state index in [1.54, 1.807) is 7.11 Å². The summed E-state index contributed by atoms with van der Waals surface area (Å²) in [5.41, 5.74) is 0.724. The fraction of sp³-hybridized carbons (Fsp3) is 0.562. The summed E-state index contributed by atoms with van der Waals surface area (Å²) in [6, 6.07) is 7.32. The molecule has 0 fully saturated rings. The highest BCUT2D eigenvalue weighted by Crippen LogP contribution is 2.15. The van der Waals surface area contributed by atoms with Crippen LogP contribution in [0.15, 0.2) is 24.3 Å². The highest BCUT2D eigenvalue weighted by Gasteiger charge is 2.17. The molecule has 3 nitrogen and oxygen atoms in total. The summed E-state index contributed by atoms with van der Waals surface area (Å²) in [5, 5.41) is 0. The number of carbonyl (C=O) groups excluding carboxylic acids is 1. The van der Waals surface area contributed by atoms with Gasteiger partial charge in [-0.25, -0.2) is 0 Å². The zero-order chi connectivity index (χ0) is 14.4. The smallest absolute Gasteiger partial charge is 0.253 e. The number of benzene rings is 1. The van der Waals surface area contributed by atoms with E-state index < -0.39 is 0 Å². The molecule has 0 aliphatic carbocycles. The molecule has 0 atom stereocenters. The molecule has 0 N–H and O–H groups in total. The van der Waals surface area contributed by atoms with E-state index in [9.17, 15) is 4.79 Å². The van der Waals surface area contributed by atoms with Gasteiger partial charge in [-0.1, -0.05) is 27.7 Å². The van der Waals surface area contributed by atoms with Gasteiger partial charge in [0.05, 0.1) is 7.11 Å². The van der Waals surface area contributed by atoms with E-state index in [4.69, 9.17) is 4.74 Å². The second kappa shape index (κ2) is 7.17. The summed E-state index contributed by atoms with van der Waals surface area (Å²) in [5.74, 6) is 1.82. The molecule has 1 amide bonds. The van der Waals surface area contributed by atoms with Crippen LogP contribution < -0.4 is 4.74 Å². The van der Waals surface area contributed by atoms with Crippen LogP contribution in [0.25, 0.3) is 0 Å². The lowest BCUT2D eigenvalue weighted by Gasteiger charge is -2.26. The van der Waals surface area contributed by atoms with Crippen molar-refractivity contribution in [3.63, 3.8) is 0 Å². The molecule has 0 bridgehead atoms. The summed E-state index contributed by atoms with van der Waals surface area (Å²) >= 11 is 0. The van der Waals surface area contributed by atoms with E-state index in [2.05, 4.69) is 27.7 Å². The average Bonchev–Trinajstić information content (AvgIpc) is 2.36. The van der Waals surface area contributed by atoms with Crippen LogP contribution in [0.2, 0.25) is 0 Å². The molecule has 0 unspecified atom stereocenters. The second-order valence-corrected chi connectivity index (χ2v) is 5.73. The van der Waals surface area contributed by atoms with Crippen molar-refractivity contribution in [3.05, 3.63) is 29.8 Å². The summed E-state index contributed by atoms with van der Waals surface area (Å²) in [6.07, 6.45) is 0. The Bertz CT molecular complexity index is 386. The maximum absolute atomic E-state index is 12.5. The Kier molecular flexibility index (Phi) is 5.87. The number of ether oxygens (including phenoxy) is 1. The topological polar surface area (TPSA) is 29.5 Å². The lowest BCUT2D eigenvalue weighted by atomic mass is 10.1. The van der Waals surface area contributed by atoms with Gasteiger partial charge in [0.25, 0.3) is 5.91 Å². The minimum Gasteiger partial charge on any atom is -0.497 e. The molecule has 0 aromatic heterocycles. The van der Waals surface area contributed by atoms with Crippen LogP contribution in [0.3, 0.4) is 0 Å². The molecule has 3 heteroatoms. The fourth-order valence-electron chi connectivity index (χ4n) is 2.04. The zero-order valence-electron chi connectivity index (χ0n) is 12.6. The summed E-state index contributed by atoms with van der Waals surface area (Å²) in [4.78, 5) is 14.4. The SMILES string of the molecule is COc1ccc(C(=O)N(CC(C)C)CC(C)C)cc1. The van der Waals surface area contributed by atoms with Gasteiger partial charge in [0.15, 0.2) is 0 Å². The molecular formula is C16H25NO2. The van der Waals surface area contributed by atoms with Gasteiger partial charge in [0.2, 0.25) is 0 Å². The molecule has 106 valence electrons. The van der Waals surface area contributed by atoms with E-state index in [1.807, 2.05) is 29.2 Å². The maximum Gasteiger partial charge on any atom is 0.253 e. The maximum atomic E-state index is 12.5. The molecule has 0 radical (unpaired) electrons. The number of nitrogens with zero attached hydrogens (tertiary/aromatic N) is 1. The van der Waals surface area contributed by atoms with Gasteiger partial charge in [-0.3, -0.25) is 4.79 Å². The summed E-state index contributed by atoms with van der Waals surface area (Å²) in [7, 11) is 1.63. The van der Waals surface area contributed by atoms with E-state index in [-0.39, 0.29) is 5.91 Å². The number of hydrogen-bond acceptors (Lipinski definition) is 2. The van der Waals surface area contributed by atoms with Gasteiger partial charge in [0, 0.05) is 18.7 Å². The quantitative estimate of drug-likeness (QED) is 0.786. The van der Waals surface area contributed by atoms with Crippen LogP contribution >= 0.6 is 0 Å². The van der Waals surface area contributed by atoms with Crippen LogP contribution in [-0.2, 0) is 0 Å². The van der Waals surface area contributed by atoms with Crippen molar-refractivity contribution < 1.29 is 9.53 Å². The van der Waals surface area contributed by atoms with Crippen molar-refractivity contribution in [1.82, 2.24) is 4.90 Å². The molecule has 0 saturated heterocycles. The first-order chi connectivity index (χ1) is 8.93. The van der Waals surface area contributed by atoms with Crippen LogP contribution in [0, 0.1) is 11.8 Å². The molecule has 1 aromatic rings. The Hall–Kier alpha value is -1.51. The minimum atomic E-state index is 0.102. The van der Waals surface area contributed by atoms with Crippen LogP contribution in [0.4, 0.5) is 0 Å². The van der Waals surface area contributed by atoms with Gasteiger partial charge in [-0.05, 0) is 36.1 Å². The van der Waals surface area contributed by atoms with Crippen LogP contribution in [0.5, 0.6) is 5.75 Å². The molecule has 0 spiro atoms. The number of amides is 1. The van der Waals surface area contributed by atoms with Crippen molar-refractivity contribution in [2.24, 2.45) is 11.8 Å².